The fraction of sp³-hybridized carbons (Fsp3) is 0.278. The van der Waals surface area contributed by atoms with Crippen molar-refractivity contribution in [3.63, 3.8) is 0 Å². The molecule has 1 saturated heterocycles. The largest absolute Gasteiger partial charge is 0.444 e. The molecule has 0 bridgehead atoms. The number of benzene rings is 2. The molecule has 5 heteroatoms. The number of fused-ring (bicyclic) bond motifs is 3. The molecule has 4 rings (SSSR count). The van der Waals surface area contributed by atoms with Crippen LogP contribution in [0.1, 0.15) is 17.5 Å². The molecule has 2 aliphatic rings. The van der Waals surface area contributed by atoms with Crippen LogP contribution in [-0.2, 0) is 20.4 Å². The first-order valence-corrected chi connectivity index (χ1v) is 8.39. The predicted molar refractivity (Wildman–Crippen MR) is 90.5 cm³/mol. The number of halogens is 1. The van der Waals surface area contributed by atoms with Gasteiger partial charge in [-0.2, -0.15) is 0 Å². The van der Waals surface area contributed by atoms with Crippen molar-refractivity contribution in [3.8, 4) is 0 Å². The van der Waals surface area contributed by atoms with Gasteiger partial charge in [-0.3, -0.25) is 0 Å². The van der Waals surface area contributed by atoms with Gasteiger partial charge in [0.25, 0.3) is 0 Å². The van der Waals surface area contributed by atoms with Crippen LogP contribution in [0.25, 0.3) is 0 Å². The van der Waals surface area contributed by atoms with Crippen LogP contribution in [0.4, 0.5) is 10.5 Å². The Kier molecular flexibility index (Phi) is 3.62. The lowest BCUT2D eigenvalue weighted by molar-refractivity contribution is 0.0860. The molecular weight excluding hydrogens is 358 g/mol. The van der Waals surface area contributed by atoms with Crippen molar-refractivity contribution in [3.05, 3.63) is 65.7 Å². The van der Waals surface area contributed by atoms with Crippen LogP contribution in [0.15, 0.2) is 54.6 Å². The van der Waals surface area contributed by atoms with Gasteiger partial charge in [0, 0.05) is 0 Å². The molecule has 118 valence electrons. The molecule has 0 radical (unpaired) electrons. The summed E-state index contributed by atoms with van der Waals surface area (Å²) >= 11 is 3.80. The van der Waals surface area contributed by atoms with Crippen LogP contribution in [-0.4, -0.2) is 18.9 Å². The lowest BCUT2D eigenvalue weighted by atomic mass is 9.98. The number of carbonyl (C=O) groups excluding carboxylic acids is 1. The SMILES string of the molecule is O=C(OCc1ccccc1)N1c2ccccc2[C@]2(Br)CCO[C@H]12. The predicted octanol–water partition coefficient (Wildman–Crippen LogP) is 4.18. The maximum atomic E-state index is 12.7. The second-order valence-corrected chi connectivity index (χ2v) is 7.18. The van der Waals surface area contributed by atoms with Crippen LogP contribution in [0.5, 0.6) is 0 Å². The second kappa shape index (κ2) is 5.65. The maximum absolute atomic E-state index is 12.7. The molecule has 2 aliphatic heterocycles. The Hall–Kier alpha value is -1.85. The van der Waals surface area contributed by atoms with Crippen molar-refractivity contribution in [1.29, 1.82) is 0 Å². The van der Waals surface area contributed by atoms with Gasteiger partial charge in [-0.05, 0) is 23.6 Å². The molecule has 1 amide bonds. The normalized spacial score (nSPS) is 25.1. The maximum Gasteiger partial charge on any atom is 0.416 e. The molecule has 4 nitrogen and oxygen atoms in total. The number of hydrogen-bond donors (Lipinski definition) is 0. The Morgan fingerprint density at radius 2 is 1.96 bits per heavy atom. The first-order chi connectivity index (χ1) is 11.2. The average Bonchev–Trinajstić information content (AvgIpc) is 3.07. The second-order valence-electron chi connectivity index (χ2n) is 5.76. The molecular formula is C18H16BrNO3. The highest BCUT2D eigenvalue weighted by Crippen LogP contribution is 2.55. The summed E-state index contributed by atoms with van der Waals surface area (Å²) in [6.45, 7) is 0.868. The molecule has 0 spiro atoms. The zero-order valence-electron chi connectivity index (χ0n) is 12.4. The highest BCUT2D eigenvalue weighted by atomic mass is 79.9. The number of alkyl halides is 1. The van der Waals surface area contributed by atoms with Crippen molar-refractivity contribution < 1.29 is 14.3 Å². The summed E-state index contributed by atoms with van der Waals surface area (Å²) in [7, 11) is 0. The quantitative estimate of drug-likeness (QED) is 0.741. The Morgan fingerprint density at radius 3 is 2.78 bits per heavy atom. The Labute approximate surface area is 143 Å². The van der Waals surface area contributed by atoms with Gasteiger partial charge in [0.05, 0.1) is 12.3 Å². The van der Waals surface area contributed by atoms with Gasteiger partial charge in [0.2, 0.25) is 0 Å². The number of hydrogen-bond acceptors (Lipinski definition) is 3. The minimum atomic E-state index is -0.380. The zero-order chi connectivity index (χ0) is 15.9. The summed E-state index contributed by atoms with van der Waals surface area (Å²) in [5, 5.41) is 0. The first-order valence-electron chi connectivity index (χ1n) is 7.60. The molecule has 0 N–H and O–H groups in total. The van der Waals surface area contributed by atoms with Crippen LogP contribution in [0.3, 0.4) is 0 Å². The Balaban J connectivity index is 1.59. The van der Waals surface area contributed by atoms with Crippen molar-refractivity contribution in [2.24, 2.45) is 0 Å². The van der Waals surface area contributed by atoms with E-state index < -0.39 is 0 Å². The Bertz CT molecular complexity index is 736. The minimum Gasteiger partial charge on any atom is -0.444 e. The van der Waals surface area contributed by atoms with E-state index in [0.717, 1.165) is 23.2 Å². The van der Waals surface area contributed by atoms with Crippen molar-refractivity contribution in [2.75, 3.05) is 11.5 Å². The monoisotopic (exact) mass is 373 g/mol. The van der Waals surface area contributed by atoms with E-state index in [2.05, 4.69) is 15.9 Å². The van der Waals surface area contributed by atoms with Gasteiger partial charge >= 0.3 is 6.09 Å². The summed E-state index contributed by atoms with van der Waals surface area (Å²) in [5.74, 6) is 0. The molecule has 1 fully saturated rings. The summed E-state index contributed by atoms with van der Waals surface area (Å²) in [4.78, 5) is 14.3. The van der Waals surface area contributed by atoms with E-state index >= 15 is 0 Å². The third-order valence-corrected chi connectivity index (χ3v) is 5.60. The van der Waals surface area contributed by atoms with Gasteiger partial charge in [0.1, 0.15) is 10.9 Å². The summed E-state index contributed by atoms with van der Waals surface area (Å²) in [6.07, 6.45) is 0.0923. The lowest BCUT2D eigenvalue weighted by Gasteiger charge is -2.26. The van der Waals surface area contributed by atoms with E-state index in [1.165, 1.54) is 0 Å². The van der Waals surface area contributed by atoms with Crippen molar-refractivity contribution >= 4 is 27.7 Å². The van der Waals surface area contributed by atoms with E-state index in [1.807, 2.05) is 54.6 Å². The molecule has 2 heterocycles. The van der Waals surface area contributed by atoms with Crippen molar-refractivity contribution in [1.82, 2.24) is 0 Å². The van der Waals surface area contributed by atoms with E-state index in [0.29, 0.717) is 6.61 Å². The summed E-state index contributed by atoms with van der Waals surface area (Å²) in [6, 6.07) is 17.5. The number of ether oxygens (including phenoxy) is 2. The van der Waals surface area contributed by atoms with Crippen LogP contribution < -0.4 is 4.90 Å². The third kappa shape index (κ3) is 2.35. The van der Waals surface area contributed by atoms with Crippen molar-refractivity contribution in [2.45, 2.75) is 23.6 Å². The summed E-state index contributed by atoms with van der Waals surface area (Å²) < 4.78 is 11.0. The zero-order valence-corrected chi connectivity index (χ0v) is 14.0. The molecule has 2 aromatic rings. The van der Waals surface area contributed by atoms with Gasteiger partial charge in [-0.25, -0.2) is 9.69 Å². The molecule has 0 unspecified atom stereocenters. The topological polar surface area (TPSA) is 38.8 Å². The number of para-hydroxylation sites is 1. The summed E-state index contributed by atoms with van der Waals surface area (Å²) in [5.41, 5.74) is 2.90. The van der Waals surface area contributed by atoms with Gasteiger partial charge in [0.15, 0.2) is 6.23 Å². The first kappa shape index (κ1) is 14.7. The smallest absolute Gasteiger partial charge is 0.416 e. The number of rotatable bonds is 2. The lowest BCUT2D eigenvalue weighted by Crippen LogP contribution is -2.42. The third-order valence-electron chi connectivity index (χ3n) is 4.38. The Morgan fingerprint density at radius 1 is 1.22 bits per heavy atom. The van der Waals surface area contributed by atoms with E-state index in [4.69, 9.17) is 9.47 Å². The number of carbonyl (C=O) groups is 1. The average molecular weight is 374 g/mol. The number of amides is 1. The minimum absolute atomic E-state index is 0.250. The fourth-order valence-corrected chi connectivity index (χ4v) is 4.10. The van der Waals surface area contributed by atoms with Crippen LogP contribution in [0, 0.1) is 0 Å². The molecule has 0 saturated carbocycles. The molecule has 23 heavy (non-hydrogen) atoms. The van der Waals surface area contributed by atoms with E-state index in [9.17, 15) is 4.79 Å². The molecule has 0 aromatic heterocycles. The highest BCUT2D eigenvalue weighted by molar-refractivity contribution is 9.09. The van der Waals surface area contributed by atoms with Gasteiger partial charge in [-0.1, -0.05) is 64.5 Å². The number of nitrogens with zero attached hydrogens (tertiary/aromatic N) is 1. The van der Waals surface area contributed by atoms with Crippen LogP contribution >= 0.6 is 15.9 Å². The molecule has 2 aromatic carbocycles. The number of anilines is 1. The van der Waals surface area contributed by atoms with Gasteiger partial charge in [-0.15, -0.1) is 0 Å². The van der Waals surface area contributed by atoms with E-state index in [1.54, 1.807) is 4.90 Å². The molecule has 2 atom stereocenters. The van der Waals surface area contributed by atoms with Gasteiger partial charge < -0.3 is 9.47 Å². The molecule has 0 aliphatic carbocycles. The van der Waals surface area contributed by atoms with E-state index in [-0.39, 0.29) is 23.3 Å². The fourth-order valence-electron chi connectivity index (χ4n) is 3.27. The highest BCUT2D eigenvalue weighted by Gasteiger charge is 2.56. The van der Waals surface area contributed by atoms with Crippen LogP contribution in [0.2, 0.25) is 0 Å². The standard InChI is InChI=1S/C18H16BrNO3/c19-18-10-11-22-16(18)20(15-9-5-4-8-14(15)18)17(21)23-12-13-6-2-1-3-7-13/h1-9,16H,10-12H2/t16-,18+/m0/s1.